The normalized spacial score (nSPS) is 13.5. The van der Waals surface area contributed by atoms with Crippen molar-refractivity contribution < 1.29 is 4.79 Å². The van der Waals surface area contributed by atoms with Gasteiger partial charge in [0, 0.05) is 29.7 Å². The lowest BCUT2D eigenvalue weighted by Crippen LogP contribution is -2.12. The van der Waals surface area contributed by atoms with Gasteiger partial charge < -0.3 is 5.32 Å². The fraction of sp³-hybridized carbons (Fsp3) is 0.150. The van der Waals surface area contributed by atoms with Gasteiger partial charge in [0.15, 0.2) is 0 Å². The van der Waals surface area contributed by atoms with E-state index < -0.39 is 0 Å². The third-order valence-corrected chi connectivity index (χ3v) is 4.22. The molecule has 0 aliphatic heterocycles. The van der Waals surface area contributed by atoms with Gasteiger partial charge in [-0.1, -0.05) is 18.2 Å². The lowest BCUT2D eigenvalue weighted by atomic mass is 10.1. The second-order valence-corrected chi connectivity index (χ2v) is 6.02. The molecule has 4 nitrogen and oxygen atoms in total. The van der Waals surface area contributed by atoms with Crippen LogP contribution < -0.4 is 5.32 Å². The molecule has 1 saturated carbocycles. The van der Waals surface area contributed by atoms with Crippen molar-refractivity contribution in [2.75, 3.05) is 5.32 Å². The number of nitrogens with zero attached hydrogens (tertiary/aromatic N) is 2. The van der Waals surface area contributed by atoms with Crippen LogP contribution in [0.5, 0.6) is 0 Å². The van der Waals surface area contributed by atoms with Crippen LogP contribution in [0.4, 0.5) is 5.82 Å². The molecule has 2 heterocycles. The van der Waals surface area contributed by atoms with Crippen LogP contribution in [-0.4, -0.2) is 15.9 Å². The Balaban J connectivity index is 1.51. The van der Waals surface area contributed by atoms with Crippen LogP contribution in [0.3, 0.4) is 0 Å². The molecule has 1 fully saturated rings. The molecule has 0 atom stereocenters. The Morgan fingerprint density at radius 2 is 1.83 bits per heavy atom. The Morgan fingerprint density at radius 1 is 1.00 bits per heavy atom. The number of amides is 1. The first-order valence-corrected chi connectivity index (χ1v) is 8.07. The summed E-state index contributed by atoms with van der Waals surface area (Å²) in [6.45, 7) is 0. The van der Waals surface area contributed by atoms with Gasteiger partial charge in [-0.2, -0.15) is 0 Å². The maximum absolute atomic E-state index is 12.4. The number of nitrogens with one attached hydrogen (secondary N) is 1. The smallest absolute Gasteiger partial charge is 0.256 e. The number of pyridine rings is 2. The zero-order valence-electron chi connectivity index (χ0n) is 13.1. The molecule has 1 aromatic carbocycles. The molecule has 3 aromatic rings. The minimum absolute atomic E-state index is 0.145. The van der Waals surface area contributed by atoms with Crippen LogP contribution >= 0.6 is 0 Å². The SMILES string of the molecule is O=C(Nc1cc(-c2cccnc2)ccn1)c1ccc(C2CC2)cc1. The van der Waals surface area contributed by atoms with Crippen molar-refractivity contribution in [1.29, 1.82) is 0 Å². The van der Waals surface area contributed by atoms with Crippen molar-refractivity contribution in [2.45, 2.75) is 18.8 Å². The number of benzene rings is 1. The molecule has 1 aliphatic carbocycles. The maximum atomic E-state index is 12.4. The lowest BCUT2D eigenvalue weighted by Gasteiger charge is -2.07. The summed E-state index contributed by atoms with van der Waals surface area (Å²) < 4.78 is 0. The standard InChI is InChI=1S/C20H17N3O/c24-20(16-7-5-15(6-8-16)14-3-4-14)23-19-12-17(9-11-22-19)18-2-1-10-21-13-18/h1-2,5-14H,3-4H2,(H,22,23,24). The van der Waals surface area contributed by atoms with Gasteiger partial charge in [0.25, 0.3) is 5.91 Å². The predicted octanol–water partition coefficient (Wildman–Crippen LogP) is 4.27. The van der Waals surface area contributed by atoms with Crippen LogP contribution in [0.1, 0.15) is 34.7 Å². The Labute approximate surface area is 140 Å². The van der Waals surface area contributed by atoms with Crippen LogP contribution in [0.2, 0.25) is 0 Å². The molecule has 0 bridgehead atoms. The van der Waals surface area contributed by atoms with Gasteiger partial charge in [-0.15, -0.1) is 0 Å². The first-order valence-electron chi connectivity index (χ1n) is 8.07. The predicted molar refractivity (Wildman–Crippen MR) is 93.8 cm³/mol. The molecule has 0 saturated heterocycles. The highest BCUT2D eigenvalue weighted by atomic mass is 16.1. The largest absolute Gasteiger partial charge is 0.307 e. The van der Waals surface area contributed by atoms with Gasteiger partial charge in [0.1, 0.15) is 5.82 Å². The Bertz CT molecular complexity index is 856. The van der Waals surface area contributed by atoms with Crippen molar-refractivity contribution in [1.82, 2.24) is 9.97 Å². The summed E-state index contributed by atoms with van der Waals surface area (Å²) in [5.41, 5.74) is 3.93. The number of anilines is 1. The quantitative estimate of drug-likeness (QED) is 0.782. The summed E-state index contributed by atoms with van der Waals surface area (Å²) in [7, 11) is 0. The molecule has 24 heavy (non-hydrogen) atoms. The first kappa shape index (κ1) is 14.6. The van der Waals surface area contributed by atoms with Crippen LogP contribution in [0, 0.1) is 0 Å². The van der Waals surface area contributed by atoms with E-state index in [-0.39, 0.29) is 5.91 Å². The number of hydrogen-bond donors (Lipinski definition) is 1. The number of hydrogen-bond acceptors (Lipinski definition) is 3. The van der Waals surface area contributed by atoms with E-state index in [9.17, 15) is 4.79 Å². The van der Waals surface area contributed by atoms with E-state index in [2.05, 4.69) is 15.3 Å². The first-order chi connectivity index (χ1) is 11.8. The van der Waals surface area contributed by atoms with Gasteiger partial charge in [-0.3, -0.25) is 9.78 Å². The van der Waals surface area contributed by atoms with Crippen molar-refractivity contribution in [3.63, 3.8) is 0 Å². The van der Waals surface area contributed by atoms with Crippen LogP contribution in [0.15, 0.2) is 67.1 Å². The van der Waals surface area contributed by atoms with Crippen LogP contribution in [0.25, 0.3) is 11.1 Å². The molecule has 4 heteroatoms. The zero-order valence-corrected chi connectivity index (χ0v) is 13.1. The second-order valence-electron chi connectivity index (χ2n) is 6.02. The fourth-order valence-electron chi connectivity index (χ4n) is 2.72. The Hall–Kier alpha value is -3.01. The minimum Gasteiger partial charge on any atom is -0.307 e. The van der Waals surface area contributed by atoms with Gasteiger partial charge in [-0.05, 0) is 60.2 Å². The van der Waals surface area contributed by atoms with Crippen LogP contribution in [-0.2, 0) is 0 Å². The summed E-state index contributed by atoms with van der Waals surface area (Å²) in [6.07, 6.45) is 7.73. The van der Waals surface area contributed by atoms with Gasteiger partial charge >= 0.3 is 0 Å². The maximum Gasteiger partial charge on any atom is 0.256 e. The van der Waals surface area contributed by atoms with E-state index in [1.54, 1.807) is 18.6 Å². The molecule has 118 valence electrons. The third kappa shape index (κ3) is 3.18. The van der Waals surface area contributed by atoms with Gasteiger partial charge in [0.05, 0.1) is 0 Å². The van der Waals surface area contributed by atoms with Gasteiger partial charge in [0.2, 0.25) is 0 Å². The third-order valence-electron chi connectivity index (χ3n) is 4.22. The van der Waals surface area contributed by atoms with Crippen molar-refractivity contribution in [3.8, 4) is 11.1 Å². The molecule has 1 amide bonds. The molecule has 1 aliphatic rings. The summed E-state index contributed by atoms with van der Waals surface area (Å²) >= 11 is 0. The monoisotopic (exact) mass is 315 g/mol. The highest BCUT2D eigenvalue weighted by Gasteiger charge is 2.23. The van der Waals surface area contributed by atoms with E-state index in [1.165, 1.54) is 18.4 Å². The second kappa shape index (κ2) is 6.24. The van der Waals surface area contributed by atoms with E-state index in [0.29, 0.717) is 17.3 Å². The number of aromatic nitrogens is 2. The number of carbonyl (C=O) groups excluding carboxylic acids is 1. The topological polar surface area (TPSA) is 54.9 Å². The highest BCUT2D eigenvalue weighted by molar-refractivity contribution is 6.04. The van der Waals surface area contributed by atoms with E-state index in [4.69, 9.17) is 0 Å². The molecular formula is C20H17N3O. The summed E-state index contributed by atoms with van der Waals surface area (Å²) in [5, 5.41) is 2.86. The molecule has 0 unspecified atom stereocenters. The average Bonchev–Trinajstić information content (AvgIpc) is 3.48. The molecule has 2 aromatic heterocycles. The Kier molecular flexibility index (Phi) is 3.79. The lowest BCUT2D eigenvalue weighted by molar-refractivity contribution is 0.102. The molecule has 4 rings (SSSR count). The van der Waals surface area contributed by atoms with Crippen molar-refractivity contribution in [3.05, 3.63) is 78.2 Å². The molecule has 0 spiro atoms. The Morgan fingerprint density at radius 3 is 2.54 bits per heavy atom. The van der Waals surface area contributed by atoms with E-state index in [0.717, 1.165) is 11.1 Å². The summed E-state index contributed by atoms with van der Waals surface area (Å²) in [4.78, 5) is 20.7. The molecule has 1 N–H and O–H groups in total. The zero-order chi connectivity index (χ0) is 16.4. The number of carbonyl (C=O) groups is 1. The summed E-state index contributed by atoms with van der Waals surface area (Å²) in [5.74, 6) is 1.08. The summed E-state index contributed by atoms with van der Waals surface area (Å²) in [6, 6.07) is 15.5. The average molecular weight is 315 g/mol. The van der Waals surface area contributed by atoms with E-state index >= 15 is 0 Å². The molecular weight excluding hydrogens is 298 g/mol. The van der Waals surface area contributed by atoms with Crippen molar-refractivity contribution in [2.24, 2.45) is 0 Å². The minimum atomic E-state index is -0.145. The fourth-order valence-corrected chi connectivity index (χ4v) is 2.72. The highest BCUT2D eigenvalue weighted by Crippen LogP contribution is 2.39. The van der Waals surface area contributed by atoms with Gasteiger partial charge in [-0.25, -0.2) is 4.98 Å². The van der Waals surface area contributed by atoms with Crippen molar-refractivity contribution >= 4 is 11.7 Å². The molecule has 0 radical (unpaired) electrons. The van der Waals surface area contributed by atoms with E-state index in [1.807, 2.05) is 48.5 Å². The number of rotatable bonds is 4.